The average molecular weight is 318 g/mol. The Kier molecular flexibility index (Phi) is 4.75. The molecule has 0 radical (unpaired) electrons. The summed E-state index contributed by atoms with van der Waals surface area (Å²) in [6.07, 6.45) is -3.26. The Bertz CT molecular complexity index is 557. The average Bonchev–Trinajstić information content (AvgIpc) is 2.45. The largest absolute Gasteiger partial charge is 0.419 e. The number of hydrogen-bond acceptors (Lipinski definition) is 2. The molecule has 2 rings (SSSR count). The van der Waals surface area contributed by atoms with Crippen LogP contribution in [0.2, 0.25) is 0 Å². The third-order valence-corrected chi connectivity index (χ3v) is 4.02. The zero-order valence-electron chi connectivity index (χ0n) is 12.2. The first-order chi connectivity index (χ1) is 10.2. The first-order valence-corrected chi connectivity index (χ1v) is 7.12. The fourth-order valence-corrected chi connectivity index (χ4v) is 2.71. The molecule has 7 heteroatoms. The lowest BCUT2D eigenvalue weighted by molar-refractivity contribution is -0.140. The zero-order valence-corrected chi connectivity index (χ0v) is 12.2. The van der Waals surface area contributed by atoms with Gasteiger partial charge in [0, 0.05) is 19.1 Å². The highest BCUT2D eigenvalue weighted by Crippen LogP contribution is 2.33. The summed E-state index contributed by atoms with van der Waals surface area (Å²) in [6, 6.07) is 2.64. The fourth-order valence-electron chi connectivity index (χ4n) is 2.71. The standard InChI is InChI=1S/C15H18F4N2O/c1-9(20)10-4-3-7-21(8-10)14(22)11-5-2-6-12(13(11)16)15(17,18)19/h2,5-6,9-10H,3-4,7-8,20H2,1H3/t9-,10-/m1/s1. The first-order valence-electron chi connectivity index (χ1n) is 7.12. The molecule has 1 aliphatic heterocycles. The highest BCUT2D eigenvalue weighted by molar-refractivity contribution is 5.94. The van der Waals surface area contributed by atoms with Crippen molar-refractivity contribution in [2.75, 3.05) is 13.1 Å². The maximum Gasteiger partial charge on any atom is 0.419 e. The molecule has 1 aromatic rings. The molecule has 1 aliphatic rings. The van der Waals surface area contributed by atoms with Crippen LogP contribution in [0.5, 0.6) is 0 Å². The lowest BCUT2D eigenvalue weighted by Gasteiger charge is -2.34. The Morgan fingerprint density at radius 3 is 2.68 bits per heavy atom. The van der Waals surface area contributed by atoms with E-state index in [9.17, 15) is 22.4 Å². The predicted octanol–water partition coefficient (Wildman–Crippen LogP) is 3.04. The number of carbonyl (C=O) groups is 1. The van der Waals surface area contributed by atoms with E-state index in [1.807, 2.05) is 6.92 Å². The first kappa shape index (κ1) is 16.7. The van der Waals surface area contributed by atoms with Gasteiger partial charge >= 0.3 is 6.18 Å². The summed E-state index contributed by atoms with van der Waals surface area (Å²) < 4.78 is 52.2. The lowest BCUT2D eigenvalue weighted by atomic mass is 9.91. The summed E-state index contributed by atoms with van der Waals surface area (Å²) in [4.78, 5) is 13.7. The van der Waals surface area contributed by atoms with Gasteiger partial charge in [-0.2, -0.15) is 13.2 Å². The van der Waals surface area contributed by atoms with Gasteiger partial charge in [-0.25, -0.2) is 4.39 Å². The fraction of sp³-hybridized carbons (Fsp3) is 0.533. The van der Waals surface area contributed by atoms with Gasteiger partial charge in [0.1, 0.15) is 5.82 Å². The smallest absolute Gasteiger partial charge is 0.338 e. The second kappa shape index (κ2) is 6.24. The van der Waals surface area contributed by atoms with E-state index in [4.69, 9.17) is 5.73 Å². The van der Waals surface area contributed by atoms with Crippen LogP contribution in [0.25, 0.3) is 0 Å². The van der Waals surface area contributed by atoms with Crippen LogP contribution < -0.4 is 5.73 Å². The lowest BCUT2D eigenvalue weighted by Crippen LogP contribution is -2.45. The maximum atomic E-state index is 14.0. The molecule has 1 heterocycles. The number of piperidine rings is 1. The minimum atomic E-state index is -4.82. The van der Waals surface area contributed by atoms with Crippen molar-refractivity contribution < 1.29 is 22.4 Å². The highest BCUT2D eigenvalue weighted by atomic mass is 19.4. The van der Waals surface area contributed by atoms with Crippen molar-refractivity contribution in [2.45, 2.75) is 32.0 Å². The molecule has 3 nitrogen and oxygen atoms in total. The summed E-state index contributed by atoms with van der Waals surface area (Å²) in [5.41, 5.74) is 3.86. The van der Waals surface area contributed by atoms with E-state index in [1.54, 1.807) is 0 Å². The van der Waals surface area contributed by atoms with Gasteiger partial charge in [0.2, 0.25) is 0 Å². The summed E-state index contributed by atoms with van der Waals surface area (Å²) in [5.74, 6) is -2.15. The highest BCUT2D eigenvalue weighted by Gasteiger charge is 2.36. The van der Waals surface area contributed by atoms with Crippen LogP contribution in [0.3, 0.4) is 0 Å². The Morgan fingerprint density at radius 2 is 2.09 bits per heavy atom. The van der Waals surface area contributed by atoms with Crippen LogP contribution in [0.15, 0.2) is 18.2 Å². The van der Waals surface area contributed by atoms with E-state index in [0.717, 1.165) is 18.6 Å². The zero-order chi connectivity index (χ0) is 16.5. The Labute approximate surface area is 126 Å². The van der Waals surface area contributed by atoms with Crippen LogP contribution in [-0.2, 0) is 6.18 Å². The minimum absolute atomic E-state index is 0.0755. The molecule has 1 saturated heterocycles. The molecule has 122 valence electrons. The van der Waals surface area contributed by atoms with E-state index in [-0.39, 0.29) is 12.0 Å². The minimum Gasteiger partial charge on any atom is -0.338 e. The van der Waals surface area contributed by atoms with Gasteiger partial charge in [-0.15, -0.1) is 0 Å². The second-order valence-electron chi connectivity index (χ2n) is 5.68. The topological polar surface area (TPSA) is 46.3 Å². The molecular formula is C15H18F4N2O. The third-order valence-electron chi connectivity index (χ3n) is 4.02. The quantitative estimate of drug-likeness (QED) is 0.852. The maximum absolute atomic E-state index is 14.0. The van der Waals surface area contributed by atoms with Crippen molar-refractivity contribution in [3.63, 3.8) is 0 Å². The molecule has 0 aliphatic carbocycles. The van der Waals surface area contributed by atoms with E-state index in [2.05, 4.69) is 0 Å². The van der Waals surface area contributed by atoms with Gasteiger partial charge in [0.15, 0.2) is 0 Å². The van der Waals surface area contributed by atoms with E-state index < -0.39 is 29.0 Å². The summed E-state index contributed by atoms with van der Waals surface area (Å²) in [6.45, 7) is 2.56. The van der Waals surface area contributed by atoms with Crippen molar-refractivity contribution >= 4 is 5.91 Å². The van der Waals surface area contributed by atoms with E-state index in [1.165, 1.54) is 4.90 Å². The predicted molar refractivity (Wildman–Crippen MR) is 73.7 cm³/mol. The number of nitrogens with two attached hydrogens (primary N) is 1. The number of alkyl halides is 3. The molecule has 2 atom stereocenters. The third kappa shape index (κ3) is 3.40. The SMILES string of the molecule is C[C@@H](N)[C@@H]1CCCN(C(=O)c2cccc(C(F)(F)F)c2F)C1. The van der Waals surface area contributed by atoms with Crippen molar-refractivity contribution in [3.05, 3.63) is 35.1 Å². The van der Waals surface area contributed by atoms with E-state index in [0.29, 0.717) is 25.6 Å². The Balaban J connectivity index is 2.26. The monoisotopic (exact) mass is 318 g/mol. The number of rotatable bonds is 2. The van der Waals surface area contributed by atoms with E-state index >= 15 is 0 Å². The summed E-state index contributed by atoms with van der Waals surface area (Å²) >= 11 is 0. The molecule has 0 aromatic heterocycles. The van der Waals surface area contributed by atoms with Crippen molar-refractivity contribution in [2.24, 2.45) is 11.7 Å². The van der Waals surface area contributed by atoms with Crippen molar-refractivity contribution in [1.29, 1.82) is 0 Å². The van der Waals surface area contributed by atoms with Crippen LogP contribution in [-0.4, -0.2) is 29.9 Å². The van der Waals surface area contributed by atoms with Gasteiger partial charge < -0.3 is 10.6 Å². The second-order valence-corrected chi connectivity index (χ2v) is 5.68. The van der Waals surface area contributed by atoms with Crippen molar-refractivity contribution in [1.82, 2.24) is 4.90 Å². The number of carbonyl (C=O) groups excluding carboxylic acids is 1. The summed E-state index contributed by atoms with van der Waals surface area (Å²) in [5, 5.41) is 0. The molecule has 1 fully saturated rings. The summed E-state index contributed by atoms with van der Waals surface area (Å²) in [7, 11) is 0. The van der Waals surface area contributed by atoms with Gasteiger partial charge in [-0.05, 0) is 37.8 Å². The molecule has 2 N–H and O–H groups in total. The van der Waals surface area contributed by atoms with Gasteiger partial charge in [0.05, 0.1) is 11.1 Å². The molecule has 22 heavy (non-hydrogen) atoms. The van der Waals surface area contributed by atoms with Crippen LogP contribution in [0.4, 0.5) is 17.6 Å². The van der Waals surface area contributed by atoms with Crippen LogP contribution >= 0.6 is 0 Å². The number of benzene rings is 1. The van der Waals surface area contributed by atoms with Crippen LogP contribution in [0.1, 0.15) is 35.7 Å². The molecule has 0 saturated carbocycles. The molecule has 1 amide bonds. The van der Waals surface area contributed by atoms with Crippen LogP contribution in [0, 0.1) is 11.7 Å². The Morgan fingerprint density at radius 1 is 1.41 bits per heavy atom. The van der Waals surface area contributed by atoms with Crippen molar-refractivity contribution in [3.8, 4) is 0 Å². The molecule has 1 aromatic carbocycles. The van der Waals surface area contributed by atoms with Gasteiger partial charge in [-0.1, -0.05) is 6.07 Å². The normalized spacial score (nSPS) is 20.8. The number of hydrogen-bond donors (Lipinski definition) is 1. The van der Waals surface area contributed by atoms with Gasteiger partial charge in [0.25, 0.3) is 5.91 Å². The molecular weight excluding hydrogens is 300 g/mol. The molecule has 0 spiro atoms. The molecule has 0 unspecified atom stereocenters. The number of nitrogens with zero attached hydrogens (tertiary/aromatic N) is 1. The van der Waals surface area contributed by atoms with Gasteiger partial charge in [-0.3, -0.25) is 4.79 Å². The number of halogens is 4. The number of likely N-dealkylation sites (tertiary alicyclic amines) is 1. The molecule has 0 bridgehead atoms. The Hall–Kier alpha value is -1.63. The number of amides is 1.